The Labute approximate surface area is 183 Å². The van der Waals surface area contributed by atoms with Crippen molar-refractivity contribution in [1.29, 1.82) is 0 Å². The fraction of sp³-hybridized carbons (Fsp3) is 0.400. The number of aromatic nitrogens is 3. The van der Waals surface area contributed by atoms with Gasteiger partial charge in [0.1, 0.15) is 0 Å². The van der Waals surface area contributed by atoms with Crippen molar-refractivity contribution in [2.45, 2.75) is 38.5 Å². The second-order valence-electron chi connectivity index (χ2n) is 8.67. The van der Waals surface area contributed by atoms with Gasteiger partial charge in [-0.25, -0.2) is 0 Å². The lowest BCUT2D eigenvalue weighted by molar-refractivity contribution is -0.117. The summed E-state index contributed by atoms with van der Waals surface area (Å²) < 4.78 is 2.06. The second-order valence-corrected chi connectivity index (χ2v) is 8.67. The van der Waals surface area contributed by atoms with Crippen LogP contribution < -0.4 is 10.2 Å². The Morgan fingerprint density at radius 3 is 2.35 bits per heavy atom. The Balaban J connectivity index is 1.54. The van der Waals surface area contributed by atoms with Crippen molar-refractivity contribution < 1.29 is 4.79 Å². The molecule has 2 fully saturated rings. The molecule has 0 atom stereocenters. The lowest BCUT2D eigenvalue weighted by atomic mass is 10.1. The molecule has 1 saturated heterocycles. The molecule has 6 nitrogen and oxygen atoms in total. The Kier molecular flexibility index (Phi) is 5.45. The molecule has 1 aromatic heterocycles. The molecule has 6 heteroatoms. The number of nitrogens with one attached hydrogen (secondary N) is 1. The van der Waals surface area contributed by atoms with E-state index in [-0.39, 0.29) is 11.8 Å². The van der Waals surface area contributed by atoms with Gasteiger partial charge in [-0.2, -0.15) is 0 Å². The molecule has 1 aliphatic heterocycles. The van der Waals surface area contributed by atoms with Crippen LogP contribution in [0.1, 0.15) is 38.5 Å². The molecule has 2 heterocycles. The molecule has 160 valence electrons. The van der Waals surface area contributed by atoms with Gasteiger partial charge >= 0.3 is 0 Å². The highest BCUT2D eigenvalue weighted by atomic mass is 16.2. The predicted octanol–water partition coefficient (Wildman–Crippen LogP) is 4.88. The molecule has 31 heavy (non-hydrogen) atoms. The van der Waals surface area contributed by atoms with Gasteiger partial charge in [0, 0.05) is 48.6 Å². The number of hydrogen-bond donors (Lipinski definition) is 1. The minimum Gasteiger partial charge on any atom is -0.371 e. The molecule has 5 rings (SSSR count). The summed E-state index contributed by atoms with van der Waals surface area (Å²) in [5.41, 5.74) is 4.10. The molecule has 1 N–H and O–H groups in total. The van der Waals surface area contributed by atoms with Gasteiger partial charge in [-0.1, -0.05) is 43.2 Å². The summed E-state index contributed by atoms with van der Waals surface area (Å²) in [5.74, 6) is 2.02. The van der Waals surface area contributed by atoms with E-state index in [1.807, 2.05) is 31.3 Å². The van der Waals surface area contributed by atoms with E-state index in [9.17, 15) is 4.79 Å². The first-order chi connectivity index (χ1) is 15.2. The zero-order valence-electron chi connectivity index (χ0n) is 18.1. The smallest absolute Gasteiger partial charge is 0.227 e. The monoisotopic (exact) mass is 415 g/mol. The summed E-state index contributed by atoms with van der Waals surface area (Å²) in [6.45, 7) is 2.05. The number of anilines is 2. The van der Waals surface area contributed by atoms with E-state index in [1.54, 1.807) is 0 Å². The van der Waals surface area contributed by atoms with Crippen LogP contribution >= 0.6 is 0 Å². The maximum Gasteiger partial charge on any atom is 0.227 e. The quantitative estimate of drug-likeness (QED) is 0.645. The number of benzene rings is 2. The predicted molar refractivity (Wildman–Crippen MR) is 124 cm³/mol. The molecule has 1 aliphatic carbocycles. The molecule has 2 aliphatic rings. The molecule has 2 aromatic carbocycles. The van der Waals surface area contributed by atoms with Gasteiger partial charge in [-0.15, -0.1) is 10.2 Å². The van der Waals surface area contributed by atoms with E-state index in [2.05, 4.69) is 49.2 Å². The van der Waals surface area contributed by atoms with Crippen LogP contribution in [-0.4, -0.2) is 33.8 Å². The van der Waals surface area contributed by atoms with Crippen molar-refractivity contribution in [1.82, 2.24) is 14.8 Å². The van der Waals surface area contributed by atoms with Crippen molar-refractivity contribution in [2.24, 2.45) is 13.0 Å². The van der Waals surface area contributed by atoms with Crippen molar-refractivity contribution >= 4 is 17.3 Å². The summed E-state index contributed by atoms with van der Waals surface area (Å²) in [4.78, 5) is 14.8. The summed E-state index contributed by atoms with van der Waals surface area (Å²) in [5, 5.41) is 12.2. The highest BCUT2D eigenvalue weighted by Crippen LogP contribution is 2.36. The largest absolute Gasteiger partial charge is 0.371 e. The third-order valence-corrected chi connectivity index (χ3v) is 6.31. The minimum atomic E-state index is 0.139. The number of carbonyl (C=O) groups excluding carboxylic acids is 1. The van der Waals surface area contributed by atoms with Crippen molar-refractivity contribution in [3.8, 4) is 22.8 Å². The molecule has 3 aromatic rings. The van der Waals surface area contributed by atoms with Crippen molar-refractivity contribution in [3.63, 3.8) is 0 Å². The first-order valence-corrected chi connectivity index (χ1v) is 11.4. The van der Waals surface area contributed by atoms with Crippen LogP contribution in [0.5, 0.6) is 0 Å². The number of hydrogen-bond acceptors (Lipinski definition) is 4. The Morgan fingerprint density at radius 2 is 1.65 bits per heavy atom. The van der Waals surface area contributed by atoms with Crippen LogP contribution in [0.4, 0.5) is 11.4 Å². The van der Waals surface area contributed by atoms with Crippen LogP contribution in [0.15, 0.2) is 48.5 Å². The van der Waals surface area contributed by atoms with E-state index in [4.69, 9.17) is 0 Å². The average Bonchev–Trinajstić information content (AvgIpc) is 3.61. The Morgan fingerprint density at radius 1 is 0.935 bits per heavy atom. The summed E-state index contributed by atoms with van der Waals surface area (Å²) in [7, 11) is 2.02. The summed E-state index contributed by atoms with van der Waals surface area (Å²) in [6, 6.07) is 16.4. The highest BCUT2D eigenvalue weighted by Gasteiger charge is 2.30. The molecule has 0 radical (unpaired) electrons. The number of rotatable bonds is 5. The lowest BCUT2D eigenvalue weighted by Gasteiger charge is -2.26. The van der Waals surface area contributed by atoms with E-state index < -0.39 is 0 Å². The van der Waals surface area contributed by atoms with E-state index in [0.29, 0.717) is 0 Å². The SMILES string of the molecule is Cn1c(-c2ccccc2)nnc1-c1ccc(NC(=O)C2CC2)cc1N1CCCCCC1. The zero-order chi connectivity index (χ0) is 21.2. The maximum atomic E-state index is 12.3. The standard InChI is InChI=1S/C25H29N5O/c1-29-23(18-9-5-4-6-10-18)27-28-24(29)21-14-13-20(26-25(31)19-11-12-19)17-22(21)30-15-7-2-3-8-16-30/h4-6,9-10,13-14,17,19H,2-3,7-8,11-12,15-16H2,1H3,(H,26,31). The van der Waals surface area contributed by atoms with Crippen LogP contribution in [0, 0.1) is 5.92 Å². The first-order valence-electron chi connectivity index (χ1n) is 11.4. The second kappa shape index (κ2) is 8.53. The fourth-order valence-corrected chi connectivity index (χ4v) is 4.36. The zero-order valence-corrected chi connectivity index (χ0v) is 18.1. The Hall–Kier alpha value is -3.15. The topological polar surface area (TPSA) is 63.1 Å². The third kappa shape index (κ3) is 4.20. The number of amides is 1. The molecule has 0 spiro atoms. The highest BCUT2D eigenvalue weighted by molar-refractivity contribution is 5.95. The molecule has 0 unspecified atom stereocenters. The van der Waals surface area contributed by atoms with Gasteiger partial charge in [-0.05, 0) is 43.9 Å². The number of nitrogens with zero attached hydrogens (tertiary/aromatic N) is 4. The van der Waals surface area contributed by atoms with Crippen LogP contribution in [0.25, 0.3) is 22.8 Å². The molecule has 0 bridgehead atoms. The van der Waals surface area contributed by atoms with Crippen LogP contribution in [0.3, 0.4) is 0 Å². The van der Waals surface area contributed by atoms with Gasteiger partial charge in [0.25, 0.3) is 0 Å². The maximum absolute atomic E-state index is 12.3. The molecular formula is C25H29N5O. The average molecular weight is 416 g/mol. The van der Waals surface area contributed by atoms with Crippen LogP contribution in [-0.2, 0) is 11.8 Å². The van der Waals surface area contributed by atoms with Gasteiger partial charge < -0.3 is 14.8 Å². The first kappa shape index (κ1) is 19.8. The van der Waals surface area contributed by atoms with Gasteiger partial charge in [0.2, 0.25) is 5.91 Å². The lowest BCUT2D eigenvalue weighted by Crippen LogP contribution is -2.25. The summed E-state index contributed by atoms with van der Waals surface area (Å²) in [6.07, 6.45) is 6.92. The van der Waals surface area contributed by atoms with Crippen molar-refractivity contribution in [3.05, 3.63) is 48.5 Å². The third-order valence-electron chi connectivity index (χ3n) is 6.31. The molecule has 1 amide bonds. The summed E-state index contributed by atoms with van der Waals surface area (Å²) >= 11 is 0. The molecule has 1 saturated carbocycles. The van der Waals surface area contributed by atoms with E-state index in [1.165, 1.54) is 25.7 Å². The Bertz CT molecular complexity index is 1060. The minimum absolute atomic E-state index is 0.139. The van der Waals surface area contributed by atoms with Gasteiger partial charge in [-0.3, -0.25) is 4.79 Å². The number of carbonyl (C=O) groups is 1. The van der Waals surface area contributed by atoms with Gasteiger partial charge in [0.15, 0.2) is 11.6 Å². The normalized spacial score (nSPS) is 16.7. The van der Waals surface area contributed by atoms with Crippen molar-refractivity contribution in [2.75, 3.05) is 23.3 Å². The van der Waals surface area contributed by atoms with E-state index >= 15 is 0 Å². The van der Waals surface area contributed by atoms with E-state index in [0.717, 1.165) is 60.1 Å². The van der Waals surface area contributed by atoms with Crippen LogP contribution in [0.2, 0.25) is 0 Å². The van der Waals surface area contributed by atoms with Gasteiger partial charge in [0.05, 0.1) is 0 Å². The fourth-order valence-electron chi connectivity index (χ4n) is 4.36. The molecular weight excluding hydrogens is 386 g/mol.